The van der Waals surface area contributed by atoms with E-state index in [0.29, 0.717) is 13.1 Å². The number of methoxy groups -OCH3 is 1. The number of halogens is 1. The number of hydrogen-bond donors (Lipinski definition) is 2. The molecule has 0 radical (unpaired) electrons. The van der Waals surface area contributed by atoms with Crippen LogP contribution in [0.2, 0.25) is 0 Å². The summed E-state index contributed by atoms with van der Waals surface area (Å²) < 4.78 is 16.8. The molecule has 1 aliphatic rings. The molecule has 0 aliphatic carbocycles. The van der Waals surface area contributed by atoms with Crippen molar-refractivity contribution in [3.8, 4) is 11.5 Å². The molecule has 1 unspecified atom stereocenters. The molecule has 1 aliphatic heterocycles. The van der Waals surface area contributed by atoms with Crippen LogP contribution in [-0.4, -0.2) is 64.0 Å². The standard InChI is InChI=1S/C24H34N4O3.HI/c1-19(31-23-10-5-4-9-22(23)29-3)16-26-24(25-2)27-17-20-7-6-8-21(15-20)18-28-11-13-30-14-12-28;/h4-10,15,19H,11-14,16-18H2,1-3H3,(H2,25,26,27);1H. The topological polar surface area (TPSA) is 67.4 Å². The van der Waals surface area contributed by atoms with Crippen molar-refractivity contribution >= 4 is 29.9 Å². The normalized spacial score (nSPS) is 15.4. The number of para-hydroxylation sites is 2. The van der Waals surface area contributed by atoms with Gasteiger partial charge in [-0.25, -0.2) is 0 Å². The van der Waals surface area contributed by atoms with E-state index in [2.05, 4.69) is 44.8 Å². The number of ether oxygens (including phenoxy) is 3. The summed E-state index contributed by atoms with van der Waals surface area (Å²) >= 11 is 0. The van der Waals surface area contributed by atoms with Crippen LogP contribution in [0, 0.1) is 0 Å². The van der Waals surface area contributed by atoms with E-state index in [1.54, 1.807) is 14.2 Å². The van der Waals surface area contributed by atoms with E-state index in [0.717, 1.165) is 50.3 Å². The lowest BCUT2D eigenvalue weighted by Crippen LogP contribution is -2.41. The molecule has 0 amide bonds. The first-order valence-corrected chi connectivity index (χ1v) is 10.8. The summed E-state index contributed by atoms with van der Waals surface area (Å²) in [7, 11) is 3.42. The molecular formula is C24H35IN4O3. The summed E-state index contributed by atoms with van der Waals surface area (Å²) in [6.07, 6.45) is -0.0494. The fraction of sp³-hybridized carbons (Fsp3) is 0.458. The van der Waals surface area contributed by atoms with Gasteiger partial charge in [0, 0.05) is 33.2 Å². The van der Waals surface area contributed by atoms with Gasteiger partial charge in [-0.1, -0.05) is 36.4 Å². The predicted octanol–water partition coefficient (Wildman–Crippen LogP) is 3.28. The second-order valence-corrected chi connectivity index (χ2v) is 7.59. The van der Waals surface area contributed by atoms with E-state index in [1.165, 1.54) is 11.1 Å². The fourth-order valence-corrected chi connectivity index (χ4v) is 3.48. The molecule has 0 saturated carbocycles. The minimum Gasteiger partial charge on any atom is -0.493 e. The highest BCUT2D eigenvalue weighted by Crippen LogP contribution is 2.26. The third-order valence-electron chi connectivity index (χ3n) is 5.14. The van der Waals surface area contributed by atoms with E-state index in [4.69, 9.17) is 14.2 Å². The third kappa shape index (κ3) is 8.48. The highest BCUT2D eigenvalue weighted by Gasteiger charge is 2.11. The van der Waals surface area contributed by atoms with Crippen LogP contribution in [0.3, 0.4) is 0 Å². The Morgan fingerprint density at radius 2 is 1.78 bits per heavy atom. The highest BCUT2D eigenvalue weighted by molar-refractivity contribution is 14.0. The molecule has 1 atom stereocenters. The number of nitrogens with zero attached hydrogens (tertiary/aromatic N) is 2. The number of nitrogens with one attached hydrogen (secondary N) is 2. The smallest absolute Gasteiger partial charge is 0.191 e. The quantitative estimate of drug-likeness (QED) is 0.282. The lowest BCUT2D eigenvalue weighted by Gasteiger charge is -2.26. The van der Waals surface area contributed by atoms with E-state index in [1.807, 2.05) is 31.2 Å². The summed E-state index contributed by atoms with van der Waals surface area (Å²) in [6, 6.07) is 16.4. The maximum Gasteiger partial charge on any atom is 0.191 e. The highest BCUT2D eigenvalue weighted by atomic mass is 127. The Morgan fingerprint density at radius 3 is 2.50 bits per heavy atom. The van der Waals surface area contributed by atoms with Crippen molar-refractivity contribution in [1.82, 2.24) is 15.5 Å². The molecule has 7 nitrogen and oxygen atoms in total. The molecule has 176 valence electrons. The zero-order valence-electron chi connectivity index (χ0n) is 19.2. The summed E-state index contributed by atoms with van der Waals surface area (Å²) in [5, 5.41) is 6.71. The monoisotopic (exact) mass is 554 g/mol. The molecule has 3 rings (SSSR count). The summed E-state index contributed by atoms with van der Waals surface area (Å²) in [5.41, 5.74) is 2.55. The molecule has 8 heteroatoms. The van der Waals surface area contributed by atoms with Crippen LogP contribution in [0.5, 0.6) is 11.5 Å². The van der Waals surface area contributed by atoms with Crippen LogP contribution in [0.25, 0.3) is 0 Å². The van der Waals surface area contributed by atoms with Gasteiger partial charge in [0.2, 0.25) is 0 Å². The first-order chi connectivity index (χ1) is 15.2. The van der Waals surface area contributed by atoms with Gasteiger partial charge in [-0.05, 0) is 30.2 Å². The molecule has 0 spiro atoms. The largest absolute Gasteiger partial charge is 0.493 e. The lowest BCUT2D eigenvalue weighted by atomic mass is 10.1. The van der Waals surface area contributed by atoms with Crippen LogP contribution < -0.4 is 20.1 Å². The molecule has 1 heterocycles. The van der Waals surface area contributed by atoms with E-state index in [-0.39, 0.29) is 30.1 Å². The van der Waals surface area contributed by atoms with Gasteiger partial charge in [0.1, 0.15) is 6.10 Å². The molecule has 0 bridgehead atoms. The molecule has 2 aromatic carbocycles. The molecular weight excluding hydrogens is 519 g/mol. The molecule has 2 N–H and O–H groups in total. The van der Waals surface area contributed by atoms with Crippen molar-refractivity contribution in [3.63, 3.8) is 0 Å². The zero-order chi connectivity index (χ0) is 21.9. The summed E-state index contributed by atoms with van der Waals surface area (Å²) in [5.74, 6) is 2.21. The summed E-state index contributed by atoms with van der Waals surface area (Å²) in [4.78, 5) is 6.75. The van der Waals surface area contributed by atoms with E-state index >= 15 is 0 Å². The minimum absolute atomic E-state index is 0. The van der Waals surface area contributed by atoms with Crippen LogP contribution in [-0.2, 0) is 17.8 Å². The fourth-order valence-electron chi connectivity index (χ4n) is 3.48. The van der Waals surface area contributed by atoms with Crippen molar-refractivity contribution in [2.45, 2.75) is 26.1 Å². The first kappa shape index (κ1) is 26.2. The molecule has 2 aromatic rings. The van der Waals surface area contributed by atoms with Crippen LogP contribution >= 0.6 is 24.0 Å². The number of aliphatic imine (C=N–C) groups is 1. The Balaban J connectivity index is 0.00000363. The minimum atomic E-state index is -0.0494. The van der Waals surface area contributed by atoms with Gasteiger partial charge < -0.3 is 24.8 Å². The average Bonchev–Trinajstić information content (AvgIpc) is 2.80. The number of morpholine rings is 1. The van der Waals surface area contributed by atoms with Gasteiger partial charge in [-0.2, -0.15) is 0 Å². The second-order valence-electron chi connectivity index (χ2n) is 7.59. The number of guanidine groups is 1. The predicted molar refractivity (Wildman–Crippen MR) is 139 cm³/mol. The molecule has 1 saturated heterocycles. The Bertz CT molecular complexity index is 843. The lowest BCUT2D eigenvalue weighted by molar-refractivity contribution is 0.0342. The van der Waals surface area contributed by atoms with Crippen LogP contribution in [0.1, 0.15) is 18.1 Å². The first-order valence-electron chi connectivity index (χ1n) is 10.8. The number of rotatable bonds is 9. The molecule has 0 aromatic heterocycles. The maximum atomic E-state index is 6.00. The van der Waals surface area contributed by atoms with Gasteiger partial charge >= 0.3 is 0 Å². The van der Waals surface area contributed by atoms with Crippen molar-refractivity contribution in [2.24, 2.45) is 4.99 Å². The van der Waals surface area contributed by atoms with Crippen molar-refractivity contribution in [1.29, 1.82) is 0 Å². The Kier molecular flexibility index (Phi) is 11.6. The van der Waals surface area contributed by atoms with Crippen LogP contribution in [0.4, 0.5) is 0 Å². The maximum absolute atomic E-state index is 6.00. The van der Waals surface area contributed by atoms with Gasteiger partial charge in [0.25, 0.3) is 0 Å². The second kappa shape index (κ2) is 14.2. The summed E-state index contributed by atoms with van der Waals surface area (Å²) in [6.45, 7) is 7.93. The Labute approximate surface area is 208 Å². The van der Waals surface area contributed by atoms with Crippen molar-refractivity contribution < 1.29 is 14.2 Å². The number of benzene rings is 2. The van der Waals surface area contributed by atoms with Crippen molar-refractivity contribution in [2.75, 3.05) is 47.0 Å². The Morgan fingerprint density at radius 1 is 1.06 bits per heavy atom. The van der Waals surface area contributed by atoms with Gasteiger partial charge in [0.15, 0.2) is 17.5 Å². The van der Waals surface area contributed by atoms with Gasteiger partial charge in [-0.3, -0.25) is 9.89 Å². The van der Waals surface area contributed by atoms with E-state index in [9.17, 15) is 0 Å². The van der Waals surface area contributed by atoms with Gasteiger partial charge in [0.05, 0.1) is 26.9 Å². The number of hydrogen-bond acceptors (Lipinski definition) is 5. The molecule has 32 heavy (non-hydrogen) atoms. The molecule has 1 fully saturated rings. The zero-order valence-corrected chi connectivity index (χ0v) is 21.5. The van der Waals surface area contributed by atoms with Crippen molar-refractivity contribution in [3.05, 3.63) is 59.7 Å². The Hall–Kier alpha value is -2.04. The van der Waals surface area contributed by atoms with Gasteiger partial charge in [-0.15, -0.1) is 24.0 Å². The third-order valence-corrected chi connectivity index (χ3v) is 5.14. The SMILES string of the molecule is CN=C(NCc1cccc(CN2CCOCC2)c1)NCC(C)Oc1ccccc1OC.I. The van der Waals surface area contributed by atoms with E-state index < -0.39 is 0 Å². The van der Waals surface area contributed by atoms with Crippen LogP contribution in [0.15, 0.2) is 53.5 Å². The average molecular weight is 554 g/mol.